The maximum absolute atomic E-state index is 11.8. The topological polar surface area (TPSA) is 75.7 Å². The van der Waals surface area contributed by atoms with E-state index in [4.69, 9.17) is 4.74 Å². The predicted molar refractivity (Wildman–Crippen MR) is 88.3 cm³/mol. The van der Waals surface area contributed by atoms with Crippen LogP contribution in [0.25, 0.3) is 0 Å². The molecule has 2 fully saturated rings. The van der Waals surface area contributed by atoms with Crippen molar-refractivity contribution in [1.29, 1.82) is 0 Å². The number of ketones is 2. The first-order valence-corrected chi connectivity index (χ1v) is 8.01. The number of nitrogens with one attached hydrogen (secondary N) is 1. The molecule has 132 valence electrons. The summed E-state index contributed by atoms with van der Waals surface area (Å²) >= 11 is 0. The highest BCUT2D eigenvalue weighted by atomic mass is 16.6. The van der Waals surface area contributed by atoms with Gasteiger partial charge in [0, 0.05) is 23.9 Å². The number of carbonyl (C=O) groups is 3. The molecule has 0 bridgehead atoms. The molecule has 0 radical (unpaired) electrons. The highest BCUT2D eigenvalue weighted by Crippen LogP contribution is 2.27. The monoisotopic (exact) mass is 326 g/mol. The van der Waals surface area contributed by atoms with Crippen molar-refractivity contribution in [3.63, 3.8) is 0 Å². The molecule has 2 saturated heterocycles. The van der Waals surface area contributed by atoms with Crippen molar-refractivity contribution in [2.75, 3.05) is 13.1 Å². The van der Waals surface area contributed by atoms with E-state index in [1.807, 2.05) is 48.5 Å². The predicted octanol–water partition coefficient (Wildman–Crippen LogP) is 2.30. The zero-order valence-corrected chi connectivity index (χ0v) is 15.4. The van der Waals surface area contributed by atoms with Crippen LogP contribution in [0, 0.1) is 0 Å². The molecule has 0 atom stereocenters. The number of hydrogen-bond donors (Lipinski definition) is 1. The Bertz CT molecular complexity index is 489. The van der Waals surface area contributed by atoms with Gasteiger partial charge in [0.1, 0.15) is 11.4 Å². The summed E-state index contributed by atoms with van der Waals surface area (Å²) in [7, 11) is 0. The minimum atomic E-state index is -0.515. The van der Waals surface area contributed by atoms with Crippen LogP contribution >= 0.6 is 0 Å². The third-order valence-electron chi connectivity index (χ3n) is 3.71. The molecule has 0 aromatic heterocycles. The summed E-state index contributed by atoms with van der Waals surface area (Å²) in [5.74, 6) is 0.417. The summed E-state index contributed by atoms with van der Waals surface area (Å²) < 4.78 is 5.24. The molecule has 0 saturated carbocycles. The van der Waals surface area contributed by atoms with Crippen molar-refractivity contribution in [3.05, 3.63) is 0 Å². The van der Waals surface area contributed by atoms with Crippen LogP contribution in [-0.4, -0.2) is 52.3 Å². The average molecular weight is 326 g/mol. The fraction of sp³-hybridized carbons (Fsp3) is 0.824. The normalized spacial score (nSPS) is 22.7. The molecule has 1 amide bonds. The van der Waals surface area contributed by atoms with Gasteiger partial charge in [0.15, 0.2) is 5.78 Å². The van der Waals surface area contributed by atoms with Crippen molar-refractivity contribution in [2.45, 2.75) is 78.0 Å². The molecule has 6 nitrogen and oxygen atoms in total. The van der Waals surface area contributed by atoms with Crippen molar-refractivity contribution >= 4 is 17.7 Å². The standard InChI is InChI=1S/C11H19NO3.C6H11NO/c1-10(2,3)15-9(14)12-7-8(13)6-11(12,4)5;1-6(2)3-5(8)4-7-6/h6-7H2,1-5H3;7H,3-4H2,1-2H3. The second-order valence-corrected chi connectivity index (χ2v) is 8.55. The Balaban J connectivity index is 0.000000277. The minimum Gasteiger partial charge on any atom is -0.444 e. The van der Waals surface area contributed by atoms with Gasteiger partial charge in [-0.25, -0.2) is 4.79 Å². The van der Waals surface area contributed by atoms with E-state index in [9.17, 15) is 14.4 Å². The van der Waals surface area contributed by atoms with Gasteiger partial charge in [0.2, 0.25) is 0 Å². The number of carbonyl (C=O) groups excluding carboxylic acids is 3. The molecule has 0 spiro atoms. The molecule has 0 aliphatic carbocycles. The van der Waals surface area contributed by atoms with E-state index < -0.39 is 17.2 Å². The largest absolute Gasteiger partial charge is 0.444 e. The smallest absolute Gasteiger partial charge is 0.411 e. The van der Waals surface area contributed by atoms with Crippen LogP contribution in [0.1, 0.15) is 61.3 Å². The average Bonchev–Trinajstić information content (AvgIpc) is 2.75. The number of Topliss-reactive ketones (excluding diaryl/α,β-unsaturated/α-hetero) is 2. The van der Waals surface area contributed by atoms with Gasteiger partial charge in [-0.05, 0) is 48.5 Å². The quantitative estimate of drug-likeness (QED) is 0.739. The van der Waals surface area contributed by atoms with Crippen LogP contribution in [0.15, 0.2) is 0 Å². The van der Waals surface area contributed by atoms with Crippen molar-refractivity contribution in [1.82, 2.24) is 10.2 Å². The van der Waals surface area contributed by atoms with Crippen LogP contribution in [0.4, 0.5) is 4.79 Å². The van der Waals surface area contributed by atoms with Crippen LogP contribution in [0.2, 0.25) is 0 Å². The number of amides is 1. The number of nitrogens with zero attached hydrogens (tertiary/aromatic N) is 1. The molecule has 0 aromatic carbocycles. The third kappa shape index (κ3) is 6.29. The van der Waals surface area contributed by atoms with E-state index in [0.717, 1.165) is 0 Å². The molecule has 0 aromatic rings. The van der Waals surface area contributed by atoms with Gasteiger partial charge in [-0.1, -0.05) is 0 Å². The molecule has 6 heteroatoms. The Morgan fingerprint density at radius 3 is 1.91 bits per heavy atom. The molecular formula is C17H30N2O4. The molecule has 2 rings (SSSR count). The van der Waals surface area contributed by atoms with Gasteiger partial charge in [0.05, 0.1) is 13.1 Å². The number of ether oxygens (including phenoxy) is 1. The van der Waals surface area contributed by atoms with Crippen LogP contribution in [-0.2, 0) is 14.3 Å². The Labute approximate surface area is 138 Å². The lowest BCUT2D eigenvalue weighted by Gasteiger charge is -2.32. The highest BCUT2D eigenvalue weighted by Gasteiger charge is 2.42. The molecular weight excluding hydrogens is 296 g/mol. The number of hydrogen-bond acceptors (Lipinski definition) is 5. The van der Waals surface area contributed by atoms with E-state index in [0.29, 0.717) is 25.2 Å². The summed E-state index contributed by atoms with van der Waals surface area (Å²) in [6.07, 6.45) is 0.692. The summed E-state index contributed by atoms with van der Waals surface area (Å²) in [6, 6.07) is 0. The first-order valence-electron chi connectivity index (χ1n) is 8.01. The van der Waals surface area contributed by atoms with E-state index in [1.165, 1.54) is 4.90 Å². The van der Waals surface area contributed by atoms with Crippen LogP contribution < -0.4 is 5.32 Å². The zero-order valence-electron chi connectivity index (χ0n) is 15.4. The van der Waals surface area contributed by atoms with E-state index in [-0.39, 0.29) is 17.9 Å². The molecule has 2 aliphatic heterocycles. The maximum atomic E-state index is 11.8. The molecule has 2 heterocycles. The zero-order chi connectivity index (χ0) is 18.1. The summed E-state index contributed by atoms with van der Waals surface area (Å²) in [5, 5.41) is 3.10. The Morgan fingerprint density at radius 2 is 1.65 bits per heavy atom. The summed E-state index contributed by atoms with van der Waals surface area (Å²) in [6.45, 7) is 14.0. The first-order chi connectivity index (χ1) is 10.2. The molecule has 23 heavy (non-hydrogen) atoms. The van der Waals surface area contributed by atoms with Crippen LogP contribution in [0.5, 0.6) is 0 Å². The maximum Gasteiger partial charge on any atom is 0.411 e. The lowest BCUT2D eigenvalue weighted by Crippen LogP contribution is -2.45. The van der Waals surface area contributed by atoms with Gasteiger partial charge in [0.25, 0.3) is 0 Å². The minimum absolute atomic E-state index is 0.0666. The lowest BCUT2D eigenvalue weighted by molar-refractivity contribution is -0.117. The first kappa shape index (κ1) is 19.6. The SMILES string of the molecule is CC(C)(C)OC(=O)N1CC(=O)CC1(C)C.CC1(C)CC(=O)CN1. The molecule has 0 unspecified atom stereocenters. The fourth-order valence-electron chi connectivity index (χ4n) is 2.61. The van der Waals surface area contributed by atoms with E-state index in [2.05, 4.69) is 5.32 Å². The second kappa shape index (κ2) is 6.59. The Kier molecular flexibility index (Phi) is 5.62. The van der Waals surface area contributed by atoms with Gasteiger partial charge in [-0.15, -0.1) is 0 Å². The summed E-state index contributed by atoms with van der Waals surface area (Å²) in [4.78, 5) is 35.2. The van der Waals surface area contributed by atoms with E-state index in [1.54, 1.807) is 0 Å². The lowest BCUT2D eigenvalue weighted by atomic mass is 10.0. The molecule has 1 N–H and O–H groups in total. The van der Waals surface area contributed by atoms with E-state index >= 15 is 0 Å². The Morgan fingerprint density at radius 1 is 1.09 bits per heavy atom. The molecule has 2 aliphatic rings. The van der Waals surface area contributed by atoms with Gasteiger partial charge in [-0.2, -0.15) is 0 Å². The van der Waals surface area contributed by atoms with Crippen molar-refractivity contribution < 1.29 is 19.1 Å². The van der Waals surface area contributed by atoms with Gasteiger partial charge >= 0.3 is 6.09 Å². The van der Waals surface area contributed by atoms with Crippen molar-refractivity contribution in [2.24, 2.45) is 0 Å². The number of likely N-dealkylation sites (tertiary alicyclic amines) is 1. The Hall–Kier alpha value is -1.43. The highest BCUT2D eigenvalue weighted by molar-refractivity contribution is 5.89. The second-order valence-electron chi connectivity index (χ2n) is 8.55. The number of rotatable bonds is 0. The van der Waals surface area contributed by atoms with Crippen molar-refractivity contribution in [3.8, 4) is 0 Å². The van der Waals surface area contributed by atoms with Gasteiger partial charge in [-0.3, -0.25) is 14.5 Å². The third-order valence-corrected chi connectivity index (χ3v) is 3.71. The fourth-order valence-corrected chi connectivity index (χ4v) is 2.61. The van der Waals surface area contributed by atoms with Crippen LogP contribution in [0.3, 0.4) is 0 Å². The van der Waals surface area contributed by atoms with Gasteiger partial charge < -0.3 is 10.1 Å². The summed E-state index contributed by atoms with van der Waals surface area (Å²) in [5.41, 5.74) is -0.866.